The van der Waals surface area contributed by atoms with Crippen molar-refractivity contribution >= 4 is 5.91 Å². The van der Waals surface area contributed by atoms with Crippen molar-refractivity contribution in [2.45, 2.75) is 19.4 Å². The predicted molar refractivity (Wildman–Crippen MR) is 68.4 cm³/mol. The molecule has 0 atom stereocenters. The number of amides is 1. The molecular formula is C14H18F2N2O. The normalized spacial score (nSPS) is 16.2. The Labute approximate surface area is 111 Å². The number of carbonyl (C=O) groups is 1. The zero-order valence-corrected chi connectivity index (χ0v) is 11.2. The van der Waals surface area contributed by atoms with Crippen LogP contribution in [0.5, 0.6) is 0 Å². The van der Waals surface area contributed by atoms with Gasteiger partial charge in [0.2, 0.25) is 5.91 Å². The summed E-state index contributed by atoms with van der Waals surface area (Å²) < 4.78 is 25.9. The summed E-state index contributed by atoms with van der Waals surface area (Å²) in [6, 6.07) is 3.72. The zero-order valence-electron chi connectivity index (χ0n) is 11.2. The molecule has 104 valence electrons. The lowest BCUT2D eigenvalue weighted by atomic mass is 10.1. The van der Waals surface area contributed by atoms with Gasteiger partial charge in [-0.1, -0.05) is 6.07 Å². The van der Waals surface area contributed by atoms with Crippen LogP contribution >= 0.6 is 0 Å². The molecule has 2 rings (SSSR count). The second-order valence-electron chi connectivity index (χ2n) is 5.22. The highest BCUT2D eigenvalue weighted by molar-refractivity contribution is 5.85. The first kappa shape index (κ1) is 13.9. The first-order chi connectivity index (χ1) is 8.98. The van der Waals surface area contributed by atoms with E-state index in [0.717, 1.165) is 25.0 Å². The molecule has 1 fully saturated rings. The van der Waals surface area contributed by atoms with E-state index in [0.29, 0.717) is 18.7 Å². The fraction of sp³-hybridized carbons (Fsp3) is 0.500. The molecule has 19 heavy (non-hydrogen) atoms. The van der Waals surface area contributed by atoms with E-state index in [1.54, 1.807) is 11.9 Å². The number of carbonyl (C=O) groups excluding carboxylic acids is 1. The Bertz CT molecular complexity index is 486. The molecule has 0 unspecified atom stereocenters. The molecule has 3 nitrogen and oxygen atoms in total. The maximum absolute atomic E-state index is 13.1. The smallest absolute Gasteiger partial charge is 0.230 e. The van der Waals surface area contributed by atoms with Crippen molar-refractivity contribution in [3.8, 4) is 0 Å². The van der Waals surface area contributed by atoms with E-state index in [1.807, 2.05) is 7.05 Å². The molecule has 0 saturated heterocycles. The summed E-state index contributed by atoms with van der Waals surface area (Å²) in [5.74, 6) is -1.69. The number of hydrogen-bond acceptors (Lipinski definition) is 2. The van der Waals surface area contributed by atoms with Gasteiger partial charge in [0, 0.05) is 20.1 Å². The maximum Gasteiger partial charge on any atom is 0.230 e. The van der Waals surface area contributed by atoms with Crippen molar-refractivity contribution in [2.24, 2.45) is 5.41 Å². The van der Waals surface area contributed by atoms with Crippen LogP contribution in [0, 0.1) is 17.0 Å². The molecule has 0 aliphatic heterocycles. The van der Waals surface area contributed by atoms with E-state index in [4.69, 9.17) is 0 Å². The van der Waals surface area contributed by atoms with Crippen LogP contribution < -0.4 is 5.32 Å². The lowest BCUT2D eigenvalue weighted by Gasteiger charge is -2.23. The highest BCUT2D eigenvalue weighted by Crippen LogP contribution is 2.46. The summed E-state index contributed by atoms with van der Waals surface area (Å²) in [6.07, 6.45) is 1.77. The lowest BCUT2D eigenvalue weighted by molar-refractivity contribution is -0.136. The summed E-state index contributed by atoms with van der Waals surface area (Å²) in [5.41, 5.74) is 0.303. The molecule has 5 heteroatoms. The summed E-state index contributed by atoms with van der Waals surface area (Å²) in [4.78, 5) is 13.9. The first-order valence-electron chi connectivity index (χ1n) is 6.32. The minimum atomic E-state index is -0.880. The Kier molecular flexibility index (Phi) is 3.85. The van der Waals surface area contributed by atoms with Crippen molar-refractivity contribution in [2.75, 3.05) is 20.6 Å². The number of hydrogen-bond donors (Lipinski definition) is 1. The fourth-order valence-electron chi connectivity index (χ4n) is 2.34. The van der Waals surface area contributed by atoms with Crippen LogP contribution in [0.3, 0.4) is 0 Å². The molecule has 0 heterocycles. The lowest BCUT2D eigenvalue weighted by Crippen LogP contribution is -2.38. The molecule has 1 amide bonds. The number of halogens is 2. The molecule has 1 aromatic rings. The SMILES string of the molecule is CNCC1(C(=O)N(C)Cc2ccc(F)c(F)c2)CC1. The van der Waals surface area contributed by atoms with Gasteiger partial charge >= 0.3 is 0 Å². The highest BCUT2D eigenvalue weighted by Gasteiger charge is 2.50. The molecule has 0 radical (unpaired) electrons. The second kappa shape index (κ2) is 5.25. The Balaban J connectivity index is 2.02. The quantitative estimate of drug-likeness (QED) is 0.885. The summed E-state index contributed by atoms with van der Waals surface area (Å²) in [7, 11) is 3.52. The molecule has 1 N–H and O–H groups in total. The van der Waals surface area contributed by atoms with E-state index < -0.39 is 11.6 Å². The van der Waals surface area contributed by atoms with Gasteiger partial charge in [-0.3, -0.25) is 4.79 Å². The molecule has 0 aromatic heterocycles. The van der Waals surface area contributed by atoms with Gasteiger partial charge in [-0.05, 0) is 37.6 Å². The van der Waals surface area contributed by atoms with Gasteiger partial charge in [0.15, 0.2) is 11.6 Å². The monoisotopic (exact) mass is 268 g/mol. The Morgan fingerprint density at radius 1 is 1.37 bits per heavy atom. The zero-order chi connectivity index (χ0) is 14.0. The topological polar surface area (TPSA) is 32.3 Å². The van der Waals surface area contributed by atoms with Crippen LogP contribution in [0.15, 0.2) is 18.2 Å². The predicted octanol–water partition coefficient (Wildman–Crippen LogP) is 1.92. The van der Waals surface area contributed by atoms with E-state index in [-0.39, 0.29) is 11.3 Å². The number of benzene rings is 1. The van der Waals surface area contributed by atoms with Gasteiger partial charge in [-0.15, -0.1) is 0 Å². The Morgan fingerprint density at radius 2 is 2.05 bits per heavy atom. The molecule has 1 aliphatic carbocycles. The van der Waals surface area contributed by atoms with Crippen LogP contribution in [-0.4, -0.2) is 31.4 Å². The summed E-state index contributed by atoms with van der Waals surface area (Å²) >= 11 is 0. The van der Waals surface area contributed by atoms with Gasteiger partial charge in [0.05, 0.1) is 5.41 Å². The highest BCUT2D eigenvalue weighted by atomic mass is 19.2. The molecule has 0 bridgehead atoms. The van der Waals surface area contributed by atoms with Crippen molar-refractivity contribution in [3.05, 3.63) is 35.4 Å². The Morgan fingerprint density at radius 3 is 2.58 bits per heavy atom. The molecule has 1 saturated carbocycles. The number of nitrogens with zero attached hydrogens (tertiary/aromatic N) is 1. The van der Waals surface area contributed by atoms with Gasteiger partial charge in [0.25, 0.3) is 0 Å². The molecule has 1 aromatic carbocycles. The van der Waals surface area contributed by atoms with E-state index in [2.05, 4.69) is 5.32 Å². The third-order valence-electron chi connectivity index (χ3n) is 3.57. The van der Waals surface area contributed by atoms with Gasteiger partial charge < -0.3 is 10.2 Å². The van der Waals surface area contributed by atoms with Crippen LogP contribution in [-0.2, 0) is 11.3 Å². The average molecular weight is 268 g/mol. The second-order valence-corrected chi connectivity index (χ2v) is 5.22. The van der Waals surface area contributed by atoms with E-state index in [1.165, 1.54) is 6.07 Å². The average Bonchev–Trinajstić information content (AvgIpc) is 3.14. The third kappa shape index (κ3) is 2.92. The van der Waals surface area contributed by atoms with Gasteiger partial charge in [0.1, 0.15) is 0 Å². The summed E-state index contributed by atoms with van der Waals surface area (Å²) in [5, 5.41) is 3.03. The summed E-state index contributed by atoms with van der Waals surface area (Å²) in [6.45, 7) is 0.954. The maximum atomic E-state index is 13.1. The number of nitrogens with one attached hydrogen (secondary N) is 1. The fourth-order valence-corrected chi connectivity index (χ4v) is 2.34. The standard InChI is InChI=1S/C14H18F2N2O/c1-17-9-14(5-6-14)13(19)18(2)8-10-3-4-11(15)12(16)7-10/h3-4,7,17H,5-6,8-9H2,1-2H3. The van der Waals surface area contributed by atoms with Crippen molar-refractivity contribution in [1.29, 1.82) is 0 Å². The van der Waals surface area contributed by atoms with Crippen molar-refractivity contribution < 1.29 is 13.6 Å². The third-order valence-corrected chi connectivity index (χ3v) is 3.57. The molecule has 0 spiro atoms. The van der Waals surface area contributed by atoms with Crippen LogP contribution in [0.4, 0.5) is 8.78 Å². The van der Waals surface area contributed by atoms with Gasteiger partial charge in [-0.2, -0.15) is 0 Å². The molecular weight excluding hydrogens is 250 g/mol. The molecule has 1 aliphatic rings. The number of rotatable bonds is 5. The van der Waals surface area contributed by atoms with Crippen LogP contribution in [0.1, 0.15) is 18.4 Å². The van der Waals surface area contributed by atoms with E-state index in [9.17, 15) is 13.6 Å². The Hall–Kier alpha value is -1.49. The first-order valence-corrected chi connectivity index (χ1v) is 6.32. The largest absolute Gasteiger partial charge is 0.341 e. The van der Waals surface area contributed by atoms with Crippen molar-refractivity contribution in [1.82, 2.24) is 10.2 Å². The van der Waals surface area contributed by atoms with Gasteiger partial charge in [-0.25, -0.2) is 8.78 Å². The van der Waals surface area contributed by atoms with E-state index >= 15 is 0 Å². The van der Waals surface area contributed by atoms with Crippen molar-refractivity contribution in [3.63, 3.8) is 0 Å². The van der Waals surface area contributed by atoms with Crippen LogP contribution in [0.2, 0.25) is 0 Å². The minimum Gasteiger partial charge on any atom is -0.341 e. The minimum absolute atomic E-state index is 0.0617. The van der Waals surface area contributed by atoms with Crippen LogP contribution in [0.25, 0.3) is 0 Å².